The molecule has 146 valence electrons. The van der Waals surface area contributed by atoms with Gasteiger partial charge < -0.3 is 19.7 Å². The molecule has 0 radical (unpaired) electrons. The van der Waals surface area contributed by atoms with Crippen LogP contribution in [0.4, 0.5) is 0 Å². The first kappa shape index (κ1) is 20.8. The maximum atomic E-state index is 10.7. The van der Waals surface area contributed by atoms with Gasteiger partial charge >= 0.3 is 5.97 Å². The number of phenolic OH excluding ortho intramolecular Hbond substituents is 1. The summed E-state index contributed by atoms with van der Waals surface area (Å²) >= 11 is 0. The Kier molecular flexibility index (Phi) is 6.86. The molecule has 0 aromatic heterocycles. The van der Waals surface area contributed by atoms with Gasteiger partial charge in [0.2, 0.25) is 0 Å². The summed E-state index contributed by atoms with van der Waals surface area (Å²) in [5.74, 6) is 0.00272. The number of aromatic hydroxyl groups is 1. The summed E-state index contributed by atoms with van der Waals surface area (Å²) in [4.78, 5) is 10.7. The van der Waals surface area contributed by atoms with Gasteiger partial charge in [-0.05, 0) is 78.8 Å². The Hall–Kier alpha value is -2.53. The van der Waals surface area contributed by atoms with Crippen LogP contribution in [-0.2, 0) is 9.53 Å². The quantitative estimate of drug-likeness (QED) is 0.701. The first-order chi connectivity index (χ1) is 12.7. The number of ether oxygens (including phenoxy) is 2. The van der Waals surface area contributed by atoms with Crippen LogP contribution in [0.5, 0.6) is 11.5 Å². The van der Waals surface area contributed by atoms with Crippen LogP contribution in [-0.4, -0.2) is 29.4 Å². The largest absolute Gasteiger partial charge is 0.508 e. The van der Waals surface area contributed by atoms with Crippen LogP contribution in [0.3, 0.4) is 0 Å². The molecular formula is C22H28O5. The number of aryl methyl sites for hydroxylation is 2. The Balaban J connectivity index is 2.48. The van der Waals surface area contributed by atoms with E-state index in [0.717, 1.165) is 27.8 Å². The molecule has 2 aromatic carbocycles. The third kappa shape index (κ3) is 5.01. The number of benzene rings is 2. The fraction of sp³-hybridized carbons (Fsp3) is 0.409. The van der Waals surface area contributed by atoms with E-state index in [0.29, 0.717) is 12.4 Å². The van der Waals surface area contributed by atoms with E-state index in [2.05, 4.69) is 0 Å². The summed E-state index contributed by atoms with van der Waals surface area (Å²) in [5, 5.41) is 18.9. The second-order valence-corrected chi connectivity index (χ2v) is 6.96. The van der Waals surface area contributed by atoms with Crippen LogP contribution in [0.1, 0.15) is 60.6 Å². The van der Waals surface area contributed by atoms with Crippen LogP contribution in [0.2, 0.25) is 0 Å². The van der Waals surface area contributed by atoms with Gasteiger partial charge in [-0.2, -0.15) is 0 Å². The number of hydrogen-bond donors (Lipinski definition) is 2. The highest BCUT2D eigenvalue weighted by Gasteiger charge is 2.21. The maximum absolute atomic E-state index is 10.7. The fourth-order valence-corrected chi connectivity index (χ4v) is 3.29. The average Bonchev–Trinajstić information content (AvgIpc) is 2.59. The van der Waals surface area contributed by atoms with E-state index in [1.165, 1.54) is 0 Å². The number of phenols is 1. The third-order valence-electron chi connectivity index (χ3n) is 4.50. The van der Waals surface area contributed by atoms with Crippen molar-refractivity contribution in [2.45, 2.75) is 46.6 Å². The Morgan fingerprint density at radius 3 is 2.26 bits per heavy atom. The van der Waals surface area contributed by atoms with E-state index >= 15 is 0 Å². The number of carbonyl (C=O) groups is 1. The second-order valence-electron chi connectivity index (χ2n) is 6.96. The van der Waals surface area contributed by atoms with Crippen molar-refractivity contribution in [3.63, 3.8) is 0 Å². The Bertz CT molecular complexity index is 787. The normalized spacial score (nSPS) is 12.2. The van der Waals surface area contributed by atoms with Crippen molar-refractivity contribution in [3.8, 4) is 11.5 Å². The molecule has 2 rings (SSSR count). The van der Waals surface area contributed by atoms with Gasteiger partial charge in [-0.1, -0.05) is 19.9 Å². The molecule has 2 aromatic rings. The van der Waals surface area contributed by atoms with Crippen LogP contribution < -0.4 is 4.74 Å². The molecule has 0 bridgehead atoms. The monoisotopic (exact) mass is 372 g/mol. The van der Waals surface area contributed by atoms with Crippen LogP contribution in [0.15, 0.2) is 30.3 Å². The van der Waals surface area contributed by atoms with Gasteiger partial charge in [0.15, 0.2) is 6.61 Å². The van der Waals surface area contributed by atoms with Crippen LogP contribution >= 0.6 is 0 Å². The van der Waals surface area contributed by atoms with Crippen molar-refractivity contribution in [2.75, 3.05) is 13.2 Å². The molecule has 0 heterocycles. The van der Waals surface area contributed by atoms with Crippen molar-refractivity contribution >= 4 is 5.97 Å². The molecule has 2 N–H and O–H groups in total. The molecule has 5 heteroatoms. The Labute approximate surface area is 160 Å². The lowest BCUT2D eigenvalue weighted by atomic mass is 9.90. The van der Waals surface area contributed by atoms with E-state index in [1.807, 2.05) is 58.9 Å². The highest BCUT2D eigenvalue weighted by Crippen LogP contribution is 2.36. The molecule has 0 aliphatic carbocycles. The maximum Gasteiger partial charge on any atom is 0.341 e. The fourth-order valence-electron chi connectivity index (χ4n) is 3.29. The molecule has 1 atom stereocenters. The average molecular weight is 372 g/mol. The standard InChI is InChI=1S/C22H28O5/c1-6-26-22(16-7-8-19(23)18(11-16)13(2)3)21-14(4)9-17(10-15(21)5)27-12-20(24)25/h7-11,13,22-23H,6,12H2,1-5H3,(H,24,25). The minimum absolute atomic E-state index is 0.196. The van der Waals surface area contributed by atoms with Crippen molar-refractivity contribution < 1.29 is 24.5 Å². The second kappa shape index (κ2) is 8.91. The van der Waals surface area contributed by atoms with E-state index < -0.39 is 5.97 Å². The molecular weight excluding hydrogens is 344 g/mol. The molecule has 0 spiro atoms. The SMILES string of the molecule is CCOC(c1ccc(O)c(C(C)C)c1)c1c(C)cc(OCC(=O)O)cc1C. The molecule has 0 aliphatic rings. The van der Waals surface area contributed by atoms with Gasteiger partial charge in [0.05, 0.1) is 0 Å². The predicted molar refractivity (Wildman–Crippen MR) is 105 cm³/mol. The molecule has 0 aliphatic heterocycles. The zero-order chi connectivity index (χ0) is 20.1. The van der Waals surface area contributed by atoms with Gasteiger partial charge in [-0.15, -0.1) is 0 Å². The lowest BCUT2D eigenvalue weighted by Gasteiger charge is -2.24. The zero-order valence-corrected chi connectivity index (χ0v) is 16.6. The van der Waals surface area contributed by atoms with Crippen molar-refractivity contribution in [3.05, 3.63) is 58.1 Å². The predicted octanol–water partition coefficient (Wildman–Crippen LogP) is 4.72. The number of aliphatic carboxylic acids is 1. The molecule has 0 amide bonds. The van der Waals surface area contributed by atoms with Crippen molar-refractivity contribution in [1.29, 1.82) is 0 Å². The summed E-state index contributed by atoms with van der Waals surface area (Å²) in [6.45, 7) is 10.1. The number of rotatable bonds is 8. The first-order valence-electron chi connectivity index (χ1n) is 9.14. The summed E-state index contributed by atoms with van der Waals surface area (Å²) in [5.41, 5.74) is 4.82. The van der Waals surface area contributed by atoms with Gasteiger partial charge in [-0.25, -0.2) is 4.79 Å². The minimum atomic E-state index is -1.01. The number of hydrogen-bond acceptors (Lipinski definition) is 4. The van der Waals surface area contributed by atoms with E-state index in [1.54, 1.807) is 6.07 Å². The highest BCUT2D eigenvalue weighted by atomic mass is 16.5. The molecule has 0 saturated heterocycles. The van der Waals surface area contributed by atoms with Gasteiger partial charge in [0.1, 0.15) is 17.6 Å². The number of carboxylic acids is 1. The van der Waals surface area contributed by atoms with Gasteiger partial charge in [-0.3, -0.25) is 0 Å². The Morgan fingerprint density at radius 1 is 1.11 bits per heavy atom. The highest BCUT2D eigenvalue weighted by molar-refractivity contribution is 5.68. The topological polar surface area (TPSA) is 76.0 Å². The first-order valence-corrected chi connectivity index (χ1v) is 9.14. The lowest BCUT2D eigenvalue weighted by molar-refractivity contribution is -0.139. The summed E-state index contributed by atoms with van der Waals surface area (Å²) in [6, 6.07) is 9.26. The summed E-state index contributed by atoms with van der Waals surface area (Å²) in [6.07, 6.45) is -0.276. The molecule has 0 fully saturated rings. The summed E-state index contributed by atoms with van der Waals surface area (Å²) in [7, 11) is 0. The summed E-state index contributed by atoms with van der Waals surface area (Å²) < 4.78 is 11.4. The van der Waals surface area contributed by atoms with E-state index in [4.69, 9.17) is 14.6 Å². The van der Waals surface area contributed by atoms with E-state index in [9.17, 15) is 9.90 Å². The van der Waals surface area contributed by atoms with Gasteiger partial charge in [0, 0.05) is 6.61 Å². The molecule has 5 nitrogen and oxygen atoms in total. The smallest absolute Gasteiger partial charge is 0.341 e. The van der Waals surface area contributed by atoms with Gasteiger partial charge in [0.25, 0.3) is 0 Å². The molecule has 0 saturated carbocycles. The minimum Gasteiger partial charge on any atom is -0.508 e. The molecule has 27 heavy (non-hydrogen) atoms. The van der Waals surface area contributed by atoms with Crippen LogP contribution in [0.25, 0.3) is 0 Å². The molecule has 1 unspecified atom stereocenters. The van der Waals surface area contributed by atoms with Crippen LogP contribution in [0, 0.1) is 13.8 Å². The third-order valence-corrected chi connectivity index (χ3v) is 4.50. The Morgan fingerprint density at radius 2 is 1.74 bits per heavy atom. The lowest BCUT2D eigenvalue weighted by Crippen LogP contribution is -2.12. The van der Waals surface area contributed by atoms with E-state index in [-0.39, 0.29) is 24.4 Å². The van der Waals surface area contributed by atoms with Crippen molar-refractivity contribution in [1.82, 2.24) is 0 Å². The number of carboxylic acid groups (broad SMARTS) is 1. The van der Waals surface area contributed by atoms with Crippen molar-refractivity contribution in [2.24, 2.45) is 0 Å². The zero-order valence-electron chi connectivity index (χ0n) is 16.6.